The quantitative estimate of drug-likeness (QED) is 0.760. The molecule has 3 aromatic rings. The van der Waals surface area contributed by atoms with Gasteiger partial charge < -0.3 is 10.3 Å². The fraction of sp³-hybridized carbons (Fsp3) is 0.286. The molecule has 1 atom stereocenters. The Morgan fingerprint density at radius 2 is 2.00 bits per heavy atom. The highest BCUT2D eigenvalue weighted by atomic mass is 15.1. The van der Waals surface area contributed by atoms with Gasteiger partial charge >= 0.3 is 0 Å². The number of H-pyrrole nitrogens is 1. The monoisotopic (exact) mass is 268 g/mol. The molecule has 0 saturated carbocycles. The van der Waals surface area contributed by atoms with Crippen LogP contribution in [0.25, 0.3) is 11.0 Å². The number of fused-ring (bicyclic) bond motifs is 1. The maximum atomic E-state index is 4.35. The van der Waals surface area contributed by atoms with Crippen molar-refractivity contribution in [2.75, 3.05) is 5.32 Å². The summed E-state index contributed by atoms with van der Waals surface area (Å²) in [6, 6.07) is 2.18. The summed E-state index contributed by atoms with van der Waals surface area (Å²) in [5.41, 5.74) is 2.97. The zero-order valence-corrected chi connectivity index (χ0v) is 11.5. The number of aromatic nitrogens is 5. The van der Waals surface area contributed by atoms with Gasteiger partial charge in [-0.25, -0.2) is 19.9 Å². The van der Waals surface area contributed by atoms with Gasteiger partial charge in [0, 0.05) is 23.7 Å². The molecule has 1 unspecified atom stereocenters. The first-order chi connectivity index (χ1) is 9.78. The highest BCUT2D eigenvalue weighted by Crippen LogP contribution is 2.25. The lowest BCUT2D eigenvalue weighted by atomic mass is 10.1. The standard InChI is InChI=1S/C14H16N6/c1-3-12(10-5-15-7-16-6-10)20-14-11-4-9(2)19-13(11)17-8-18-14/h4-8,12H,3H2,1-2H3,(H2,17,18,19,20). The molecule has 0 amide bonds. The van der Waals surface area contributed by atoms with E-state index in [0.717, 1.165) is 34.5 Å². The third kappa shape index (κ3) is 2.32. The number of nitrogens with one attached hydrogen (secondary N) is 2. The molecule has 3 heterocycles. The Bertz CT molecular complexity index is 706. The van der Waals surface area contributed by atoms with E-state index in [9.17, 15) is 0 Å². The summed E-state index contributed by atoms with van der Waals surface area (Å²) in [6.45, 7) is 4.12. The van der Waals surface area contributed by atoms with E-state index in [4.69, 9.17) is 0 Å². The van der Waals surface area contributed by atoms with Crippen molar-refractivity contribution in [3.05, 3.63) is 42.4 Å². The van der Waals surface area contributed by atoms with Crippen LogP contribution < -0.4 is 5.32 Å². The Kier molecular flexibility index (Phi) is 3.28. The molecule has 0 aromatic carbocycles. The molecule has 2 N–H and O–H groups in total. The Hall–Kier alpha value is -2.50. The van der Waals surface area contributed by atoms with Crippen LogP contribution in [0.4, 0.5) is 5.82 Å². The van der Waals surface area contributed by atoms with Crippen molar-refractivity contribution >= 4 is 16.9 Å². The van der Waals surface area contributed by atoms with Gasteiger partial charge in [-0.3, -0.25) is 0 Å². The van der Waals surface area contributed by atoms with E-state index in [1.54, 1.807) is 6.33 Å². The molecular weight excluding hydrogens is 252 g/mol. The molecule has 0 spiro atoms. The predicted molar refractivity (Wildman–Crippen MR) is 77.3 cm³/mol. The first-order valence-corrected chi connectivity index (χ1v) is 6.59. The fourth-order valence-electron chi connectivity index (χ4n) is 2.26. The Morgan fingerprint density at radius 3 is 2.75 bits per heavy atom. The molecule has 6 nitrogen and oxygen atoms in total. The minimum atomic E-state index is 0.129. The number of nitrogens with zero attached hydrogens (tertiary/aromatic N) is 4. The third-order valence-electron chi connectivity index (χ3n) is 3.26. The van der Waals surface area contributed by atoms with Crippen molar-refractivity contribution in [1.82, 2.24) is 24.9 Å². The van der Waals surface area contributed by atoms with E-state index in [-0.39, 0.29) is 6.04 Å². The van der Waals surface area contributed by atoms with E-state index in [2.05, 4.69) is 37.2 Å². The van der Waals surface area contributed by atoms with Gasteiger partial charge in [-0.1, -0.05) is 6.92 Å². The van der Waals surface area contributed by atoms with Crippen LogP contribution in [0.1, 0.15) is 30.6 Å². The van der Waals surface area contributed by atoms with Gasteiger partial charge in [0.05, 0.1) is 11.4 Å². The van der Waals surface area contributed by atoms with Crippen LogP contribution in [0.2, 0.25) is 0 Å². The van der Waals surface area contributed by atoms with Gasteiger partial charge in [-0.2, -0.15) is 0 Å². The van der Waals surface area contributed by atoms with Gasteiger partial charge in [0.15, 0.2) is 0 Å². The van der Waals surface area contributed by atoms with Crippen LogP contribution in [0.3, 0.4) is 0 Å². The normalized spacial score (nSPS) is 12.5. The second kappa shape index (κ2) is 5.24. The summed E-state index contributed by atoms with van der Waals surface area (Å²) in [5, 5.41) is 4.45. The van der Waals surface area contributed by atoms with E-state index < -0.39 is 0 Å². The van der Waals surface area contributed by atoms with Gasteiger partial charge in [-0.05, 0) is 19.4 Å². The molecule has 20 heavy (non-hydrogen) atoms. The van der Waals surface area contributed by atoms with Crippen LogP contribution in [0.15, 0.2) is 31.1 Å². The topological polar surface area (TPSA) is 79.4 Å². The highest BCUT2D eigenvalue weighted by Gasteiger charge is 2.13. The van der Waals surface area contributed by atoms with E-state index in [1.807, 2.05) is 25.4 Å². The molecule has 3 aromatic heterocycles. The van der Waals surface area contributed by atoms with E-state index >= 15 is 0 Å². The highest BCUT2D eigenvalue weighted by molar-refractivity contribution is 5.87. The summed E-state index contributed by atoms with van der Waals surface area (Å²) in [7, 11) is 0. The minimum Gasteiger partial charge on any atom is -0.362 e. The SMILES string of the molecule is CCC(Nc1ncnc2[nH]c(C)cc12)c1cncnc1. The van der Waals surface area contributed by atoms with Crippen molar-refractivity contribution in [2.24, 2.45) is 0 Å². The van der Waals surface area contributed by atoms with Crippen molar-refractivity contribution in [2.45, 2.75) is 26.3 Å². The van der Waals surface area contributed by atoms with Crippen LogP contribution in [-0.2, 0) is 0 Å². The van der Waals surface area contributed by atoms with Crippen molar-refractivity contribution < 1.29 is 0 Å². The summed E-state index contributed by atoms with van der Waals surface area (Å²) >= 11 is 0. The van der Waals surface area contributed by atoms with E-state index in [0.29, 0.717) is 0 Å². The Morgan fingerprint density at radius 1 is 1.20 bits per heavy atom. The molecule has 0 saturated heterocycles. The molecule has 0 fully saturated rings. The first-order valence-electron chi connectivity index (χ1n) is 6.59. The van der Waals surface area contributed by atoms with E-state index in [1.165, 1.54) is 6.33 Å². The van der Waals surface area contributed by atoms with Crippen molar-refractivity contribution in [3.63, 3.8) is 0 Å². The maximum Gasteiger partial charge on any atom is 0.143 e. The third-order valence-corrected chi connectivity index (χ3v) is 3.26. The number of hydrogen-bond donors (Lipinski definition) is 2. The van der Waals surface area contributed by atoms with Crippen molar-refractivity contribution in [3.8, 4) is 0 Å². The fourth-order valence-corrected chi connectivity index (χ4v) is 2.26. The van der Waals surface area contributed by atoms with Crippen LogP contribution in [0, 0.1) is 6.92 Å². The van der Waals surface area contributed by atoms with Crippen LogP contribution in [0.5, 0.6) is 0 Å². The second-order valence-electron chi connectivity index (χ2n) is 4.71. The summed E-state index contributed by atoms with van der Waals surface area (Å²) < 4.78 is 0. The summed E-state index contributed by atoms with van der Waals surface area (Å²) in [6.07, 6.45) is 7.68. The maximum absolute atomic E-state index is 4.35. The number of hydrogen-bond acceptors (Lipinski definition) is 5. The molecule has 3 rings (SSSR count). The van der Waals surface area contributed by atoms with Crippen LogP contribution in [-0.4, -0.2) is 24.9 Å². The predicted octanol–water partition coefficient (Wildman–Crippen LogP) is 2.62. The zero-order chi connectivity index (χ0) is 13.9. The zero-order valence-electron chi connectivity index (χ0n) is 11.5. The molecule has 0 aliphatic rings. The molecule has 6 heteroatoms. The lowest BCUT2D eigenvalue weighted by Crippen LogP contribution is -2.11. The van der Waals surface area contributed by atoms with Crippen molar-refractivity contribution in [1.29, 1.82) is 0 Å². The summed E-state index contributed by atoms with van der Waals surface area (Å²) in [5.74, 6) is 0.829. The smallest absolute Gasteiger partial charge is 0.143 e. The number of anilines is 1. The molecular formula is C14H16N6. The number of aromatic amines is 1. The Labute approximate surface area is 116 Å². The van der Waals surface area contributed by atoms with Gasteiger partial charge in [-0.15, -0.1) is 0 Å². The molecule has 0 aliphatic carbocycles. The average molecular weight is 268 g/mol. The van der Waals surface area contributed by atoms with Gasteiger partial charge in [0.1, 0.15) is 24.1 Å². The lowest BCUT2D eigenvalue weighted by molar-refractivity contribution is 0.736. The first kappa shape index (κ1) is 12.5. The largest absolute Gasteiger partial charge is 0.362 e. The number of aryl methyl sites for hydroxylation is 1. The molecule has 102 valence electrons. The molecule has 0 radical (unpaired) electrons. The van der Waals surface area contributed by atoms with Crippen LogP contribution >= 0.6 is 0 Å². The second-order valence-corrected chi connectivity index (χ2v) is 4.71. The lowest BCUT2D eigenvalue weighted by Gasteiger charge is -2.17. The molecule has 0 aliphatic heterocycles. The number of rotatable bonds is 4. The minimum absolute atomic E-state index is 0.129. The van der Waals surface area contributed by atoms with Gasteiger partial charge in [0.2, 0.25) is 0 Å². The summed E-state index contributed by atoms with van der Waals surface area (Å²) in [4.78, 5) is 19.9. The van der Waals surface area contributed by atoms with Gasteiger partial charge in [0.25, 0.3) is 0 Å². The average Bonchev–Trinajstić information content (AvgIpc) is 2.86. The Balaban J connectivity index is 1.95. The molecule has 0 bridgehead atoms.